The molecule has 0 saturated carbocycles. The van der Waals surface area contributed by atoms with Crippen molar-refractivity contribution in [3.63, 3.8) is 0 Å². The Morgan fingerprint density at radius 2 is 1.00 bits per heavy atom. The molecule has 0 saturated heterocycles. The molecular weight excluding hydrogens is 393 g/mol. The fourth-order valence-corrected chi connectivity index (χ4v) is 9.24. The van der Waals surface area contributed by atoms with E-state index in [-0.39, 0.29) is 0 Å². The first kappa shape index (κ1) is 17.2. The standard InChI is InChI=1S/C22H22S4/c1-11(2)5-13-7-19-21(23-13)15-9-18-16(10-17(15)25-19)22-20(26-18)8-14(24-22)6-12(3)4/h7-12H,5-6H2,1-4H3. The third-order valence-electron chi connectivity index (χ3n) is 4.73. The van der Waals surface area contributed by atoms with Crippen LogP contribution in [0, 0.1) is 11.8 Å². The zero-order valence-electron chi connectivity index (χ0n) is 15.5. The molecule has 0 atom stereocenters. The van der Waals surface area contributed by atoms with Gasteiger partial charge in [-0.15, -0.1) is 45.3 Å². The first-order valence-corrected chi connectivity index (χ1v) is 12.5. The van der Waals surface area contributed by atoms with E-state index in [0.29, 0.717) is 0 Å². The van der Waals surface area contributed by atoms with Crippen LogP contribution in [0.3, 0.4) is 0 Å². The van der Waals surface area contributed by atoms with Gasteiger partial charge in [-0.25, -0.2) is 0 Å². The van der Waals surface area contributed by atoms with Gasteiger partial charge in [0.15, 0.2) is 0 Å². The largest absolute Gasteiger partial charge is 0.139 e. The predicted molar refractivity (Wildman–Crippen MR) is 125 cm³/mol. The fraction of sp³-hybridized carbons (Fsp3) is 0.364. The van der Waals surface area contributed by atoms with E-state index >= 15 is 0 Å². The van der Waals surface area contributed by atoms with Gasteiger partial charge < -0.3 is 0 Å². The fourth-order valence-electron chi connectivity index (χ4n) is 3.70. The molecule has 4 heteroatoms. The number of thiophene rings is 4. The third kappa shape index (κ3) is 2.82. The van der Waals surface area contributed by atoms with E-state index in [9.17, 15) is 0 Å². The van der Waals surface area contributed by atoms with Gasteiger partial charge >= 0.3 is 0 Å². The summed E-state index contributed by atoms with van der Waals surface area (Å²) in [5.74, 6) is 1.45. The Hall–Kier alpha value is -0.940. The van der Waals surface area contributed by atoms with Gasteiger partial charge in [0.25, 0.3) is 0 Å². The molecule has 0 spiro atoms. The Balaban J connectivity index is 1.67. The molecule has 0 nitrogen and oxygen atoms in total. The summed E-state index contributed by atoms with van der Waals surface area (Å²) in [7, 11) is 0. The molecule has 0 N–H and O–H groups in total. The summed E-state index contributed by atoms with van der Waals surface area (Å²) in [5, 5.41) is 2.93. The SMILES string of the molecule is CC(C)Cc1cc2sc3cc4c(cc3c2s1)sc1cc(CC(C)C)sc14. The van der Waals surface area contributed by atoms with E-state index in [1.54, 1.807) is 0 Å². The van der Waals surface area contributed by atoms with Crippen molar-refractivity contribution in [1.82, 2.24) is 0 Å². The van der Waals surface area contributed by atoms with E-state index < -0.39 is 0 Å². The van der Waals surface area contributed by atoms with Crippen LogP contribution in [-0.2, 0) is 12.8 Å². The molecule has 4 heterocycles. The van der Waals surface area contributed by atoms with Gasteiger partial charge in [-0.1, -0.05) is 27.7 Å². The molecule has 26 heavy (non-hydrogen) atoms. The first-order chi connectivity index (χ1) is 12.5. The van der Waals surface area contributed by atoms with Crippen LogP contribution in [0.5, 0.6) is 0 Å². The number of hydrogen-bond acceptors (Lipinski definition) is 4. The van der Waals surface area contributed by atoms with Crippen molar-refractivity contribution >= 4 is 84.3 Å². The van der Waals surface area contributed by atoms with Crippen LogP contribution >= 0.6 is 45.3 Å². The molecule has 5 aromatic rings. The molecule has 0 unspecified atom stereocenters. The highest BCUT2D eigenvalue weighted by Crippen LogP contribution is 2.46. The maximum Gasteiger partial charge on any atom is 0.0532 e. The Morgan fingerprint density at radius 1 is 0.577 bits per heavy atom. The van der Waals surface area contributed by atoms with Crippen molar-refractivity contribution < 1.29 is 0 Å². The van der Waals surface area contributed by atoms with Crippen molar-refractivity contribution in [1.29, 1.82) is 0 Å². The van der Waals surface area contributed by atoms with Gasteiger partial charge in [-0.05, 0) is 48.9 Å². The summed E-state index contributed by atoms with van der Waals surface area (Å²) in [6.45, 7) is 9.23. The Labute approximate surface area is 170 Å². The minimum absolute atomic E-state index is 0.727. The van der Waals surface area contributed by atoms with E-state index in [1.807, 2.05) is 45.3 Å². The lowest BCUT2D eigenvalue weighted by molar-refractivity contribution is 0.654. The summed E-state index contributed by atoms with van der Waals surface area (Å²) in [4.78, 5) is 3.07. The number of benzene rings is 1. The molecule has 0 aliphatic carbocycles. The molecule has 0 aliphatic heterocycles. The molecule has 134 valence electrons. The first-order valence-electron chi connectivity index (χ1n) is 9.28. The second-order valence-electron chi connectivity index (χ2n) is 8.06. The summed E-state index contributed by atoms with van der Waals surface area (Å²) in [6, 6.07) is 9.78. The zero-order chi connectivity index (χ0) is 18.0. The Kier molecular flexibility index (Phi) is 4.16. The summed E-state index contributed by atoms with van der Waals surface area (Å²) in [5.41, 5.74) is 0. The van der Waals surface area contributed by atoms with Gasteiger partial charge in [0.1, 0.15) is 0 Å². The highest BCUT2D eigenvalue weighted by Gasteiger charge is 2.15. The minimum Gasteiger partial charge on any atom is -0.139 e. The van der Waals surface area contributed by atoms with Crippen molar-refractivity contribution in [3.8, 4) is 0 Å². The molecule has 0 amide bonds. The topological polar surface area (TPSA) is 0 Å². The second-order valence-corrected chi connectivity index (χ2v) is 12.5. The molecule has 5 rings (SSSR count). The Morgan fingerprint density at radius 3 is 1.38 bits per heavy atom. The molecule has 1 aromatic carbocycles. The monoisotopic (exact) mass is 414 g/mol. The lowest BCUT2D eigenvalue weighted by atomic mass is 10.1. The van der Waals surface area contributed by atoms with Crippen LogP contribution in [-0.4, -0.2) is 0 Å². The lowest BCUT2D eigenvalue weighted by Crippen LogP contribution is -1.89. The van der Waals surface area contributed by atoms with Crippen LogP contribution in [0.15, 0.2) is 24.3 Å². The summed E-state index contributed by atoms with van der Waals surface area (Å²) < 4.78 is 8.85. The van der Waals surface area contributed by atoms with Crippen molar-refractivity contribution in [2.75, 3.05) is 0 Å². The molecular formula is C22H22S4. The van der Waals surface area contributed by atoms with E-state index in [1.165, 1.54) is 61.6 Å². The lowest BCUT2D eigenvalue weighted by Gasteiger charge is -2.00. The normalized spacial score (nSPS) is 12.8. The number of hydrogen-bond donors (Lipinski definition) is 0. The molecule has 0 aliphatic rings. The second kappa shape index (κ2) is 6.30. The van der Waals surface area contributed by atoms with Crippen molar-refractivity contribution in [2.24, 2.45) is 11.8 Å². The van der Waals surface area contributed by atoms with Crippen LogP contribution in [0.4, 0.5) is 0 Å². The van der Waals surface area contributed by atoms with Gasteiger partial charge in [0.2, 0.25) is 0 Å². The smallest absolute Gasteiger partial charge is 0.0532 e. The zero-order valence-corrected chi connectivity index (χ0v) is 18.8. The maximum absolute atomic E-state index is 2.46. The summed E-state index contributed by atoms with van der Waals surface area (Å²) in [6.07, 6.45) is 2.40. The average molecular weight is 415 g/mol. The van der Waals surface area contributed by atoms with Crippen molar-refractivity contribution in [2.45, 2.75) is 40.5 Å². The van der Waals surface area contributed by atoms with E-state index in [0.717, 1.165) is 11.8 Å². The Bertz CT molecular complexity index is 1140. The van der Waals surface area contributed by atoms with Gasteiger partial charge in [0.05, 0.1) is 9.40 Å². The van der Waals surface area contributed by atoms with Gasteiger partial charge in [-0.2, -0.15) is 0 Å². The van der Waals surface area contributed by atoms with Gasteiger partial charge in [-0.3, -0.25) is 0 Å². The number of rotatable bonds is 4. The maximum atomic E-state index is 2.46. The highest BCUT2D eigenvalue weighted by molar-refractivity contribution is 7.34. The minimum atomic E-state index is 0.727. The predicted octanol–water partition coefficient (Wildman–Crippen LogP) is 8.94. The molecule has 0 radical (unpaired) electrons. The van der Waals surface area contributed by atoms with E-state index in [2.05, 4.69) is 52.0 Å². The average Bonchev–Trinajstić information content (AvgIpc) is 3.23. The van der Waals surface area contributed by atoms with Crippen LogP contribution in [0.2, 0.25) is 0 Å². The van der Waals surface area contributed by atoms with Crippen LogP contribution in [0.1, 0.15) is 37.4 Å². The summed E-state index contributed by atoms with van der Waals surface area (Å²) >= 11 is 7.96. The van der Waals surface area contributed by atoms with Crippen LogP contribution < -0.4 is 0 Å². The third-order valence-corrected chi connectivity index (χ3v) is 9.57. The van der Waals surface area contributed by atoms with Crippen molar-refractivity contribution in [3.05, 3.63) is 34.0 Å². The molecule has 4 aromatic heterocycles. The number of fused-ring (bicyclic) bond motifs is 6. The molecule has 0 fully saturated rings. The highest BCUT2D eigenvalue weighted by atomic mass is 32.1. The van der Waals surface area contributed by atoms with Gasteiger partial charge in [0, 0.05) is 39.3 Å². The van der Waals surface area contributed by atoms with Crippen LogP contribution in [0.25, 0.3) is 39.0 Å². The molecule has 0 bridgehead atoms. The quantitative estimate of drug-likeness (QED) is 0.275. The van der Waals surface area contributed by atoms with E-state index in [4.69, 9.17) is 0 Å².